The summed E-state index contributed by atoms with van der Waals surface area (Å²) in [6, 6.07) is 3.20. The van der Waals surface area contributed by atoms with Crippen molar-refractivity contribution in [2.45, 2.75) is 18.5 Å². The minimum atomic E-state index is -0.229. The van der Waals surface area contributed by atoms with Gasteiger partial charge in [-0.3, -0.25) is 4.79 Å². The van der Waals surface area contributed by atoms with E-state index in [-0.39, 0.29) is 28.0 Å². The number of carbonyl (C=O) groups is 1. The normalized spacial score (nSPS) is 19.2. The van der Waals surface area contributed by atoms with E-state index in [4.69, 9.17) is 52.1 Å². The zero-order valence-electron chi connectivity index (χ0n) is 22.2. The fraction of sp³-hybridized carbons (Fsp3) is 0.407. The summed E-state index contributed by atoms with van der Waals surface area (Å²) in [5, 5.41) is 7.73. The molecule has 2 aliphatic rings. The number of fused-ring (bicyclic) bond motifs is 1. The lowest BCUT2D eigenvalue weighted by Gasteiger charge is -2.33. The van der Waals surface area contributed by atoms with E-state index in [9.17, 15) is 4.79 Å². The number of morpholine rings is 1. The van der Waals surface area contributed by atoms with Gasteiger partial charge in [0, 0.05) is 31.1 Å². The van der Waals surface area contributed by atoms with Crippen molar-refractivity contribution in [1.82, 2.24) is 20.3 Å². The van der Waals surface area contributed by atoms with Crippen LogP contribution in [0.15, 0.2) is 31.0 Å². The van der Waals surface area contributed by atoms with Crippen LogP contribution in [0, 0.1) is 0 Å². The molecule has 0 radical (unpaired) electrons. The number of pyridine rings is 1. The van der Waals surface area contributed by atoms with Crippen molar-refractivity contribution in [1.29, 1.82) is 0 Å². The van der Waals surface area contributed by atoms with Crippen molar-refractivity contribution < 1.29 is 23.7 Å². The van der Waals surface area contributed by atoms with Crippen LogP contribution in [-0.2, 0) is 14.3 Å². The summed E-state index contributed by atoms with van der Waals surface area (Å²) >= 11 is 13.4. The van der Waals surface area contributed by atoms with E-state index < -0.39 is 0 Å². The molecule has 212 valence electrons. The quantitative estimate of drug-likeness (QED) is 0.376. The largest absolute Gasteiger partial charge is 0.495 e. The van der Waals surface area contributed by atoms with Crippen molar-refractivity contribution in [2.24, 2.45) is 0 Å². The first kappa shape index (κ1) is 28.2. The van der Waals surface area contributed by atoms with Crippen molar-refractivity contribution in [3.8, 4) is 22.9 Å². The van der Waals surface area contributed by atoms with Crippen molar-refractivity contribution >= 4 is 51.6 Å². The monoisotopic (exact) mass is 588 g/mol. The highest BCUT2D eigenvalue weighted by Gasteiger charge is 2.28. The van der Waals surface area contributed by atoms with E-state index >= 15 is 0 Å². The predicted molar refractivity (Wildman–Crippen MR) is 154 cm³/mol. The average molecular weight is 589 g/mol. The maximum atomic E-state index is 12.0. The van der Waals surface area contributed by atoms with Crippen LogP contribution in [0.3, 0.4) is 0 Å². The number of ether oxygens (including phenoxy) is 4. The van der Waals surface area contributed by atoms with Gasteiger partial charge in [0.25, 0.3) is 0 Å². The van der Waals surface area contributed by atoms with Crippen molar-refractivity contribution in [3.63, 3.8) is 0 Å². The minimum Gasteiger partial charge on any atom is -0.495 e. The molecule has 5 rings (SSSR count). The maximum absolute atomic E-state index is 12.0. The van der Waals surface area contributed by atoms with Crippen LogP contribution >= 0.6 is 23.2 Å². The first-order valence-corrected chi connectivity index (χ1v) is 13.6. The molecule has 0 spiro atoms. The summed E-state index contributed by atoms with van der Waals surface area (Å²) in [5.41, 5.74) is 1.00. The van der Waals surface area contributed by atoms with Crippen LogP contribution in [0.2, 0.25) is 10.0 Å². The number of nitrogens with one attached hydrogen (secondary N) is 2. The van der Waals surface area contributed by atoms with E-state index in [0.29, 0.717) is 86.0 Å². The summed E-state index contributed by atoms with van der Waals surface area (Å²) < 4.78 is 22.2. The smallest absolute Gasteiger partial charge is 0.243 e. The van der Waals surface area contributed by atoms with Gasteiger partial charge in [0.2, 0.25) is 5.91 Å². The molecule has 0 saturated carbocycles. The number of rotatable bonds is 8. The number of aromatic nitrogens is 3. The highest BCUT2D eigenvalue weighted by atomic mass is 35.5. The molecule has 0 unspecified atom stereocenters. The second-order valence-corrected chi connectivity index (χ2v) is 10.0. The number of methoxy groups -OCH3 is 2. The lowest BCUT2D eigenvalue weighted by molar-refractivity contribution is -0.117. The van der Waals surface area contributed by atoms with E-state index in [0.717, 1.165) is 5.39 Å². The Labute approximate surface area is 241 Å². The van der Waals surface area contributed by atoms with Gasteiger partial charge in [-0.05, 0) is 18.6 Å². The zero-order chi connectivity index (χ0) is 28.2. The fourth-order valence-corrected chi connectivity index (χ4v) is 5.46. The van der Waals surface area contributed by atoms with Gasteiger partial charge in [0.15, 0.2) is 5.82 Å². The van der Waals surface area contributed by atoms with Crippen LogP contribution in [0.5, 0.6) is 11.5 Å². The molecule has 4 heterocycles. The molecule has 3 aromatic rings. The maximum Gasteiger partial charge on any atom is 0.243 e. The topological polar surface area (TPSA) is 120 Å². The van der Waals surface area contributed by atoms with Crippen molar-refractivity contribution in [3.05, 3.63) is 41.0 Å². The summed E-state index contributed by atoms with van der Waals surface area (Å²) in [5.74, 6) is 2.16. The third kappa shape index (κ3) is 5.73. The Hall–Kier alpha value is -3.38. The van der Waals surface area contributed by atoms with Gasteiger partial charge in [-0.2, -0.15) is 0 Å². The molecule has 2 aromatic heterocycles. The Morgan fingerprint density at radius 3 is 2.48 bits per heavy atom. The van der Waals surface area contributed by atoms with Gasteiger partial charge in [-0.25, -0.2) is 15.0 Å². The van der Waals surface area contributed by atoms with E-state index in [2.05, 4.69) is 27.1 Å². The van der Waals surface area contributed by atoms with E-state index in [1.807, 2.05) is 6.07 Å². The standard InChI is InChI=1S/C27H30Cl2N6O5/c1-4-22(36)32-16-5-8-40-14-18(16)31-21-11-15-17(13-30-21)33-26(34-27(15)35-6-9-39-10-7-35)23-24(28)19(37-2)12-20(38-3)25(23)29/h4,11-13,16,18H,1,5-10,14H2,2-3H3,(H,30,31)(H,32,36)/t16-,18+/m0/s1. The zero-order valence-corrected chi connectivity index (χ0v) is 23.7. The fourth-order valence-electron chi connectivity index (χ4n) is 4.79. The van der Waals surface area contributed by atoms with E-state index in [1.165, 1.54) is 20.3 Å². The Kier molecular flexibility index (Phi) is 8.75. The molecular formula is C27H30Cl2N6O5. The van der Waals surface area contributed by atoms with Crippen LogP contribution in [-0.4, -0.2) is 86.7 Å². The summed E-state index contributed by atoms with van der Waals surface area (Å²) in [7, 11) is 3.03. The number of nitrogens with zero attached hydrogens (tertiary/aromatic N) is 4. The molecule has 1 aromatic carbocycles. The summed E-state index contributed by atoms with van der Waals surface area (Å²) in [6.45, 7) is 6.95. The molecule has 2 N–H and O–H groups in total. The number of amides is 1. The van der Waals surface area contributed by atoms with Gasteiger partial charge < -0.3 is 34.5 Å². The lowest BCUT2D eigenvalue weighted by Crippen LogP contribution is -2.52. The Morgan fingerprint density at radius 2 is 1.80 bits per heavy atom. The first-order chi connectivity index (χ1) is 19.4. The molecular weight excluding hydrogens is 559 g/mol. The molecule has 2 fully saturated rings. The number of anilines is 2. The van der Waals surface area contributed by atoms with Crippen molar-refractivity contribution in [2.75, 3.05) is 64.0 Å². The van der Waals surface area contributed by atoms with Crippen LogP contribution in [0.1, 0.15) is 6.42 Å². The van der Waals surface area contributed by atoms with Crippen LogP contribution < -0.4 is 25.0 Å². The second-order valence-electron chi connectivity index (χ2n) is 9.27. The Bertz CT molecular complexity index is 1390. The highest BCUT2D eigenvalue weighted by molar-refractivity contribution is 6.41. The Morgan fingerprint density at radius 1 is 1.07 bits per heavy atom. The minimum absolute atomic E-state index is 0.138. The number of hydrogen-bond donors (Lipinski definition) is 2. The number of halogens is 2. The molecule has 40 heavy (non-hydrogen) atoms. The van der Waals surface area contributed by atoms with E-state index in [1.54, 1.807) is 12.3 Å². The van der Waals surface area contributed by atoms with Gasteiger partial charge in [-0.1, -0.05) is 29.8 Å². The molecule has 11 nitrogen and oxygen atoms in total. The molecule has 0 bridgehead atoms. The van der Waals surface area contributed by atoms with Gasteiger partial charge in [-0.15, -0.1) is 0 Å². The third-order valence-corrected chi connectivity index (χ3v) is 7.62. The highest BCUT2D eigenvalue weighted by Crippen LogP contribution is 2.45. The van der Waals surface area contributed by atoms with Gasteiger partial charge in [0.1, 0.15) is 23.1 Å². The van der Waals surface area contributed by atoms with Gasteiger partial charge >= 0.3 is 0 Å². The molecule has 2 atom stereocenters. The molecule has 13 heteroatoms. The van der Waals surface area contributed by atoms with Gasteiger partial charge in [0.05, 0.1) is 73.4 Å². The predicted octanol–water partition coefficient (Wildman–Crippen LogP) is 3.72. The molecule has 2 saturated heterocycles. The number of benzene rings is 1. The molecule has 1 amide bonds. The molecule has 2 aliphatic heterocycles. The van der Waals surface area contributed by atoms with Crippen LogP contribution in [0.4, 0.5) is 11.6 Å². The first-order valence-electron chi connectivity index (χ1n) is 12.8. The number of carbonyl (C=O) groups excluding carboxylic acids is 1. The lowest BCUT2D eigenvalue weighted by atomic mass is 10.0. The molecule has 0 aliphatic carbocycles. The Balaban J connectivity index is 1.59. The SMILES string of the molecule is C=CC(=O)N[C@H]1CCOC[C@H]1Nc1cc2c(N3CCOCC3)nc(-c3c(Cl)c(OC)cc(OC)c3Cl)nc2cn1. The summed E-state index contributed by atoms with van der Waals surface area (Å²) in [6.07, 6.45) is 3.61. The third-order valence-electron chi connectivity index (χ3n) is 6.87. The van der Waals surface area contributed by atoms with Crippen LogP contribution in [0.25, 0.3) is 22.3 Å². The second kappa shape index (κ2) is 12.4. The number of hydrogen-bond acceptors (Lipinski definition) is 10. The average Bonchev–Trinajstić information content (AvgIpc) is 2.98. The summed E-state index contributed by atoms with van der Waals surface area (Å²) in [4.78, 5) is 28.5.